The molecule has 120 valence electrons. The smallest absolute Gasteiger partial charge is 0.335 e. The third kappa shape index (κ3) is 3.96. The van der Waals surface area contributed by atoms with Gasteiger partial charge in [-0.15, -0.1) is 0 Å². The van der Waals surface area contributed by atoms with Gasteiger partial charge in [0, 0.05) is 19.2 Å². The number of carbonyl (C=O) groups excluding carboxylic acids is 1. The Labute approximate surface area is 128 Å². The summed E-state index contributed by atoms with van der Waals surface area (Å²) in [5.74, 6) is -1.08. The lowest BCUT2D eigenvalue weighted by Crippen LogP contribution is -2.40. The molecular weight excluding hydrogens is 290 g/mol. The Hall–Kier alpha value is -2.12. The highest BCUT2D eigenvalue weighted by atomic mass is 16.6. The van der Waals surface area contributed by atoms with Crippen LogP contribution in [-0.2, 0) is 9.47 Å². The first-order valence-corrected chi connectivity index (χ1v) is 6.88. The van der Waals surface area contributed by atoms with Crippen LogP contribution in [0.2, 0.25) is 0 Å². The number of carbonyl (C=O) groups is 2. The van der Waals surface area contributed by atoms with Crippen LogP contribution in [0.4, 0.5) is 0 Å². The summed E-state index contributed by atoms with van der Waals surface area (Å²) in [6, 6.07) is 4.22. The highest BCUT2D eigenvalue weighted by Crippen LogP contribution is 2.18. The average molecular weight is 309 g/mol. The first-order valence-electron chi connectivity index (χ1n) is 6.88. The summed E-state index contributed by atoms with van der Waals surface area (Å²) in [5.41, 5.74) is 0.268. The molecule has 1 aromatic carbocycles. The van der Waals surface area contributed by atoms with Crippen LogP contribution in [0.3, 0.4) is 0 Å². The lowest BCUT2D eigenvalue weighted by molar-refractivity contribution is -0.0933. The summed E-state index contributed by atoms with van der Waals surface area (Å²) in [4.78, 5) is 25.0. The van der Waals surface area contributed by atoms with E-state index in [0.717, 1.165) is 0 Å². The zero-order valence-corrected chi connectivity index (χ0v) is 12.6. The fourth-order valence-corrected chi connectivity index (χ4v) is 2.21. The Morgan fingerprint density at radius 3 is 2.64 bits per heavy atom. The van der Waals surface area contributed by atoms with Crippen LogP contribution in [0, 0.1) is 0 Å². The SMILES string of the molecule is COc1cc(C(=O)O)cc(C(=O)N(C)CC2COCCO2)c1. The number of carboxylic acids is 1. The molecule has 1 unspecified atom stereocenters. The fraction of sp³-hybridized carbons (Fsp3) is 0.467. The molecule has 1 aliphatic heterocycles. The second kappa shape index (κ2) is 7.24. The van der Waals surface area contributed by atoms with Crippen LogP contribution in [0.25, 0.3) is 0 Å². The number of hydrogen-bond donors (Lipinski definition) is 1. The van der Waals surface area contributed by atoms with E-state index < -0.39 is 5.97 Å². The highest BCUT2D eigenvalue weighted by molar-refractivity contribution is 5.98. The average Bonchev–Trinajstić information content (AvgIpc) is 2.54. The number of aromatic carboxylic acids is 1. The number of ether oxygens (including phenoxy) is 3. The van der Waals surface area contributed by atoms with E-state index in [2.05, 4.69) is 0 Å². The van der Waals surface area contributed by atoms with Crippen molar-refractivity contribution in [1.29, 1.82) is 0 Å². The van der Waals surface area contributed by atoms with Crippen molar-refractivity contribution in [2.75, 3.05) is 40.5 Å². The van der Waals surface area contributed by atoms with Crippen molar-refractivity contribution >= 4 is 11.9 Å². The van der Waals surface area contributed by atoms with Crippen molar-refractivity contribution in [2.24, 2.45) is 0 Å². The fourth-order valence-electron chi connectivity index (χ4n) is 2.21. The van der Waals surface area contributed by atoms with Crippen molar-refractivity contribution in [3.8, 4) is 5.75 Å². The third-order valence-corrected chi connectivity index (χ3v) is 3.35. The number of methoxy groups -OCH3 is 1. The molecule has 22 heavy (non-hydrogen) atoms. The number of carboxylic acid groups (broad SMARTS) is 1. The van der Waals surface area contributed by atoms with Crippen molar-refractivity contribution in [3.05, 3.63) is 29.3 Å². The maximum absolute atomic E-state index is 12.4. The molecule has 0 bridgehead atoms. The quantitative estimate of drug-likeness (QED) is 0.869. The van der Waals surface area contributed by atoms with E-state index in [-0.39, 0.29) is 23.1 Å². The molecule has 1 aromatic rings. The number of amides is 1. The number of benzene rings is 1. The van der Waals surface area contributed by atoms with E-state index in [1.54, 1.807) is 7.05 Å². The Morgan fingerprint density at radius 2 is 2.05 bits per heavy atom. The molecule has 1 heterocycles. The molecule has 0 saturated carbocycles. The Bertz CT molecular complexity index is 553. The van der Waals surface area contributed by atoms with Gasteiger partial charge in [0.25, 0.3) is 5.91 Å². The van der Waals surface area contributed by atoms with E-state index >= 15 is 0 Å². The van der Waals surface area contributed by atoms with Crippen LogP contribution < -0.4 is 4.74 Å². The zero-order valence-electron chi connectivity index (χ0n) is 12.6. The number of nitrogens with zero attached hydrogens (tertiary/aromatic N) is 1. The molecule has 1 fully saturated rings. The Kier molecular flexibility index (Phi) is 5.35. The first-order chi connectivity index (χ1) is 10.5. The van der Waals surface area contributed by atoms with E-state index in [4.69, 9.17) is 19.3 Å². The topological polar surface area (TPSA) is 85.3 Å². The van der Waals surface area contributed by atoms with E-state index in [1.165, 1.54) is 30.2 Å². The summed E-state index contributed by atoms with van der Waals surface area (Å²) in [6.45, 7) is 1.88. The zero-order chi connectivity index (χ0) is 16.1. The summed E-state index contributed by atoms with van der Waals surface area (Å²) in [7, 11) is 3.06. The molecule has 0 aromatic heterocycles. The van der Waals surface area contributed by atoms with Gasteiger partial charge in [0.05, 0.1) is 38.6 Å². The van der Waals surface area contributed by atoms with Gasteiger partial charge < -0.3 is 24.2 Å². The predicted octanol–water partition coefficient (Wildman–Crippen LogP) is 0.881. The lowest BCUT2D eigenvalue weighted by Gasteiger charge is -2.27. The van der Waals surface area contributed by atoms with Crippen LogP contribution in [0.5, 0.6) is 5.75 Å². The van der Waals surface area contributed by atoms with E-state index in [1.807, 2.05) is 0 Å². The minimum atomic E-state index is -1.11. The summed E-state index contributed by atoms with van der Waals surface area (Å²) < 4.78 is 15.8. The minimum Gasteiger partial charge on any atom is -0.497 e. The van der Waals surface area contributed by atoms with Gasteiger partial charge in [-0.25, -0.2) is 4.79 Å². The monoisotopic (exact) mass is 309 g/mol. The van der Waals surface area contributed by atoms with Crippen LogP contribution in [0.1, 0.15) is 20.7 Å². The van der Waals surface area contributed by atoms with Gasteiger partial charge in [0.2, 0.25) is 0 Å². The lowest BCUT2D eigenvalue weighted by atomic mass is 10.1. The van der Waals surface area contributed by atoms with Gasteiger partial charge in [0.15, 0.2) is 0 Å². The molecule has 7 heteroatoms. The van der Waals surface area contributed by atoms with Gasteiger partial charge in [-0.1, -0.05) is 0 Å². The molecule has 1 saturated heterocycles. The number of rotatable bonds is 5. The number of hydrogen-bond acceptors (Lipinski definition) is 5. The maximum atomic E-state index is 12.4. The summed E-state index contributed by atoms with van der Waals surface area (Å²) in [5, 5.41) is 9.09. The van der Waals surface area contributed by atoms with Crippen LogP contribution in [-0.4, -0.2) is 68.5 Å². The summed E-state index contributed by atoms with van der Waals surface area (Å²) in [6.07, 6.45) is -0.174. The van der Waals surface area contributed by atoms with Gasteiger partial charge in [0.1, 0.15) is 5.75 Å². The molecule has 1 atom stereocenters. The molecule has 0 aliphatic carbocycles. The van der Waals surface area contributed by atoms with Gasteiger partial charge >= 0.3 is 5.97 Å². The normalized spacial score (nSPS) is 17.8. The second-order valence-corrected chi connectivity index (χ2v) is 5.01. The number of likely N-dealkylation sites (N-methyl/N-ethyl adjacent to an activating group) is 1. The molecule has 0 radical (unpaired) electrons. The maximum Gasteiger partial charge on any atom is 0.335 e. The molecule has 0 spiro atoms. The van der Waals surface area contributed by atoms with E-state index in [0.29, 0.717) is 32.1 Å². The van der Waals surface area contributed by atoms with Gasteiger partial charge in [-0.3, -0.25) is 4.79 Å². The van der Waals surface area contributed by atoms with Crippen LogP contribution in [0.15, 0.2) is 18.2 Å². The van der Waals surface area contributed by atoms with Crippen molar-refractivity contribution < 1.29 is 28.9 Å². The third-order valence-electron chi connectivity index (χ3n) is 3.35. The molecule has 2 rings (SSSR count). The van der Waals surface area contributed by atoms with Crippen molar-refractivity contribution in [3.63, 3.8) is 0 Å². The Morgan fingerprint density at radius 1 is 1.32 bits per heavy atom. The first kappa shape index (κ1) is 16.3. The van der Waals surface area contributed by atoms with Crippen molar-refractivity contribution in [1.82, 2.24) is 4.90 Å². The molecule has 1 aliphatic rings. The predicted molar refractivity (Wildman–Crippen MR) is 77.5 cm³/mol. The minimum absolute atomic E-state index is 0.00773. The molecular formula is C15H19NO6. The Balaban J connectivity index is 2.13. The second-order valence-electron chi connectivity index (χ2n) is 5.01. The highest BCUT2D eigenvalue weighted by Gasteiger charge is 2.21. The molecule has 7 nitrogen and oxygen atoms in total. The summed E-state index contributed by atoms with van der Waals surface area (Å²) >= 11 is 0. The molecule has 1 N–H and O–H groups in total. The largest absolute Gasteiger partial charge is 0.497 e. The van der Waals surface area contributed by atoms with Gasteiger partial charge in [-0.05, 0) is 18.2 Å². The van der Waals surface area contributed by atoms with E-state index in [9.17, 15) is 9.59 Å². The van der Waals surface area contributed by atoms with Gasteiger partial charge in [-0.2, -0.15) is 0 Å². The molecule has 1 amide bonds. The van der Waals surface area contributed by atoms with Crippen LogP contribution >= 0.6 is 0 Å². The van der Waals surface area contributed by atoms with Crippen molar-refractivity contribution in [2.45, 2.75) is 6.10 Å². The standard InChI is InChI=1S/C15H19NO6/c1-16(8-13-9-21-3-4-22-13)14(17)10-5-11(15(18)19)7-12(6-10)20-2/h5-7,13H,3-4,8-9H2,1-2H3,(H,18,19).